The number of aliphatic hydroxyl groups is 1. The molecule has 0 aromatic carbocycles. The van der Waals surface area contributed by atoms with Crippen molar-refractivity contribution in [3.8, 4) is 0 Å². The van der Waals surface area contributed by atoms with Gasteiger partial charge < -0.3 is 26.1 Å². The topological polar surface area (TPSA) is 167 Å². The second-order valence-electron chi connectivity index (χ2n) is 5.58. The summed E-state index contributed by atoms with van der Waals surface area (Å²) in [5.41, 5.74) is 5.26. The first-order chi connectivity index (χ1) is 12.3. The molecule has 3 atom stereocenters. The van der Waals surface area contributed by atoms with Crippen LogP contribution >= 0.6 is 11.3 Å². The van der Waals surface area contributed by atoms with E-state index in [0.717, 1.165) is 22.3 Å². The molecule has 1 saturated heterocycles. The number of carbonyl (C=O) groups is 3. The lowest BCUT2D eigenvalue weighted by Crippen LogP contribution is -2.72. The number of carboxylic acids is 1. The summed E-state index contributed by atoms with van der Waals surface area (Å²) in [6.45, 7) is 0. The maximum atomic E-state index is 12.5. The van der Waals surface area contributed by atoms with Crippen LogP contribution in [0.4, 0.5) is 5.13 Å². The first kappa shape index (κ1) is 17.8. The van der Waals surface area contributed by atoms with Crippen molar-refractivity contribution in [3.05, 3.63) is 22.8 Å². The van der Waals surface area contributed by atoms with Gasteiger partial charge in [0.2, 0.25) is 0 Å². The van der Waals surface area contributed by atoms with E-state index >= 15 is 0 Å². The van der Waals surface area contributed by atoms with Gasteiger partial charge in [-0.1, -0.05) is 5.16 Å². The number of aliphatic hydroxyl groups excluding tert-OH is 1. The molecule has 3 heterocycles. The summed E-state index contributed by atoms with van der Waals surface area (Å²) >= 11 is 1.11. The standard InChI is InChI=1S/C14H15N5O6S/c1-25-18-9(6-4-26-14(15)16-6)11(21)17-10-7-2-5(20)3-8(13(23)24)19(7)12(10)22/h3-5,7,10,20H,2H2,1H3,(H2,15,16)(H,17,21)(H,23,24)/t5-,7-,10+/m0/s1. The van der Waals surface area contributed by atoms with Gasteiger partial charge in [0.05, 0.1) is 12.1 Å². The summed E-state index contributed by atoms with van der Waals surface area (Å²) in [5, 5.41) is 26.8. The number of carbonyl (C=O) groups excluding carboxylic acids is 2. The maximum absolute atomic E-state index is 12.5. The number of nitrogens with zero attached hydrogens (tertiary/aromatic N) is 3. The van der Waals surface area contributed by atoms with Gasteiger partial charge in [0.25, 0.3) is 11.8 Å². The van der Waals surface area contributed by atoms with Gasteiger partial charge in [-0.05, 0) is 6.08 Å². The van der Waals surface area contributed by atoms with Gasteiger partial charge in [0, 0.05) is 11.8 Å². The molecular formula is C14H15N5O6S. The molecule has 3 rings (SSSR count). The zero-order valence-electron chi connectivity index (χ0n) is 13.4. The van der Waals surface area contributed by atoms with Gasteiger partial charge in [-0.25, -0.2) is 9.78 Å². The van der Waals surface area contributed by atoms with Crippen LogP contribution in [0.2, 0.25) is 0 Å². The van der Waals surface area contributed by atoms with Crippen LogP contribution in [-0.2, 0) is 19.2 Å². The van der Waals surface area contributed by atoms with Gasteiger partial charge in [-0.3, -0.25) is 14.5 Å². The average molecular weight is 381 g/mol. The van der Waals surface area contributed by atoms with Crippen molar-refractivity contribution in [2.75, 3.05) is 12.8 Å². The highest BCUT2D eigenvalue weighted by molar-refractivity contribution is 7.13. The fourth-order valence-electron chi connectivity index (χ4n) is 2.90. The lowest BCUT2D eigenvalue weighted by Gasteiger charge is -2.49. The smallest absolute Gasteiger partial charge is 0.352 e. The van der Waals surface area contributed by atoms with Crippen LogP contribution < -0.4 is 11.1 Å². The summed E-state index contributed by atoms with van der Waals surface area (Å²) in [5.74, 6) is -2.64. The van der Waals surface area contributed by atoms with Crippen LogP contribution in [0.5, 0.6) is 0 Å². The maximum Gasteiger partial charge on any atom is 0.352 e. The minimum absolute atomic E-state index is 0.105. The van der Waals surface area contributed by atoms with Gasteiger partial charge in [-0.15, -0.1) is 11.3 Å². The number of nitrogens with one attached hydrogen (secondary N) is 1. The summed E-state index contributed by atoms with van der Waals surface area (Å²) in [6, 6.07) is -1.65. The number of hydrogen-bond donors (Lipinski definition) is 4. The van der Waals surface area contributed by atoms with Crippen LogP contribution in [0.25, 0.3) is 0 Å². The number of fused-ring (bicyclic) bond motifs is 1. The summed E-state index contributed by atoms with van der Waals surface area (Å²) in [6.07, 6.45) is 0.179. The second kappa shape index (κ2) is 6.72. The molecule has 12 heteroatoms. The summed E-state index contributed by atoms with van der Waals surface area (Å²) in [7, 11) is 1.25. The quantitative estimate of drug-likeness (QED) is 0.272. The number of amides is 2. The number of nitrogens with two attached hydrogens (primary N) is 1. The van der Waals surface area contributed by atoms with Gasteiger partial charge in [0.15, 0.2) is 10.8 Å². The monoisotopic (exact) mass is 381 g/mol. The third-order valence-corrected chi connectivity index (χ3v) is 4.65. The van der Waals surface area contributed by atoms with E-state index in [9.17, 15) is 19.5 Å². The molecule has 26 heavy (non-hydrogen) atoms. The zero-order chi connectivity index (χ0) is 19.0. The van der Waals surface area contributed by atoms with Gasteiger partial charge >= 0.3 is 5.97 Å². The Labute approximate surface area is 150 Å². The Morgan fingerprint density at radius 1 is 1.54 bits per heavy atom. The van der Waals surface area contributed by atoms with Crippen LogP contribution in [0.3, 0.4) is 0 Å². The van der Waals surface area contributed by atoms with Crippen molar-refractivity contribution in [3.63, 3.8) is 0 Å². The third-order valence-electron chi connectivity index (χ3n) is 3.98. The van der Waals surface area contributed by atoms with Crippen molar-refractivity contribution < 1.29 is 29.4 Å². The second-order valence-corrected chi connectivity index (χ2v) is 6.47. The van der Waals surface area contributed by atoms with E-state index in [1.165, 1.54) is 12.5 Å². The van der Waals surface area contributed by atoms with Crippen LogP contribution in [0, 0.1) is 0 Å². The molecule has 0 aliphatic carbocycles. The lowest BCUT2D eigenvalue weighted by molar-refractivity contribution is -0.156. The summed E-state index contributed by atoms with van der Waals surface area (Å²) in [4.78, 5) is 45.7. The fraction of sp³-hybridized carbons (Fsp3) is 0.357. The van der Waals surface area contributed by atoms with Crippen molar-refractivity contribution in [1.29, 1.82) is 0 Å². The number of thiazole rings is 1. The van der Waals surface area contributed by atoms with Crippen molar-refractivity contribution in [2.45, 2.75) is 24.6 Å². The minimum Gasteiger partial charge on any atom is -0.477 e. The highest BCUT2D eigenvalue weighted by Crippen LogP contribution is 2.33. The van der Waals surface area contributed by atoms with Crippen LogP contribution in [0.1, 0.15) is 12.1 Å². The molecule has 0 radical (unpaired) electrons. The number of oxime groups is 1. The van der Waals surface area contributed by atoms with Crippen LogP contribution in [0.15, 0.2) is 22.3 Å². The molecule has 2 aliphatic heterocycles. The number of hydrogen-bond acceptors (Lipinski definition) is 9. The molecule has 0 bridgehead atoms. The molecule has 1 aromatic heterocycles. The Hall–Kier alpha value is -2.99. The molecule has 2 amide bonds. The molecule has 5 N–H and O–H groups in total. The van der Waals surface area contributed by atoms with E-state index in [4.69, 9.17) is 10.8 Å². The fourth-order valence-corrected chi connectivity index (χ4v) is 3.44. The normalized spacial score (nSPS) is 25.1. The zero-order valence-corrected chi connectivity index (χ0v) is 14.3. The van der Waals surface area contributed by atoms with E-state index in [0.29, 0.717) is 0 Å². The SMILES string of the molecule is CON=C(C(=O)N[C@H]1C(=O)N2C(C(=O)O)=C[C@@H](O)C[C@@H]12)c1csc(N)n1. The Morgan fingerprint density at radius 3 is 2.85 bits per heavy atom. The molecule has 138 valence electrons. The molecule has 0 unspecified atom stereocenters. The Bertz CT molecular complexity index is 834. The first-order valence-electron chi connectivity index (χ1n) is 7.43. The third kappa shape index (κ3) is 2.99. The van der Waals surface area contributed by atoms with Crippen molar-refractivity contribution in [1.82, 2.24) is 15.2 Å². The highest BCUT2D eigenvalue weighted by Gasteiger charge is 2.53. The largest absolute Gasteiger partial charge is 0.477 e. The molecule has 1 fully saturated rings. The first-order valence-corrected chi connectivity index (χ1v) is 8.31. The predicted molar refractivity (Wildman–Crippen MR) is 89.0 cm³/mol. The summed E-state index contributed by atoms with van der Waals surface area (Å²) < 4.78 is 0. The van der Waals surface area contributed by atoms with Crippen molar-refractivity contribution in [2.24, 2.45) is 5.16 Å². The van der Waals surface area contributed by atoms with E-state index < -0.39 is 36.0 Å². The lowest BCUT2D eigenvalue weighted by atomic mass is 9.85. The van der Waals surface area contributed by atoms with E-state index in [-0.39, 0.29) is 28.7 Å². The van der Waals surface area contributed by atoms with E-state index in [2.05, 4.69) is 20.3 Å². The predicted octanol–water partition coefficient (Wildman–Crippen LogP) is -1.50. The number of aromatic nitrogens is 1. The number of β-lactam (4-membered cyclic amide) rings is 1. The van der Waals surface area contributed by atoms with E-state index in [1.54, 1.807) is 0 Å². The van der Waals surface area contributed by atoms with Gasteiger partial charge in [0.1, 0.15) is 24.5 Å². The number of rotatable bonds is 5. The highest BCUT2D eigenvalue weighted by atomic mass is 32.1. The average Bonchev–Trinajstić information content (AvgIpc) is 3.02. The molecule has 11 nitrogen and oxygen atoms in total. The van der Waals surface area contributed by atoms with E-state index in [1.807, 2.05) is 0 Å². The number of nitrogen functional groups attached to an aromatic ring is 1. The number of carboxylic acid groups (broad SMARTS) is 1. The number of aliphatic carboxylic acids is 1. The number of anilines is 1. The molecule has 0 spiro atoms. The van der Waals surface area contributed by atoms with Crippen molar-refractivity contribution >= 4 is 40.0 Å². The van der Waals surface area contributed by atoms with Gasteiger partial charge in [-0.2, -0.15) is 0 Å². The Kier molecular flexibility index (Phi) is 4.61. The molecule has 0 saturated carbocycles. The molecule has 2 aliphatic rings. The molecular weight excluding hydrogens is 366 g/mol. The van der Waals surface area contributed by atoms with Crippen LogP contribution in [-0.4, -0.2) is 68.9 Å². The minimum atomic E-state index is -1.33. The Morgan fingerprint density at radius 2 is 2.27 bits per heavy atom. The Balaban J connectivity index is 1.78. The molecule has 1 aromatic rings.